The van der Waals surface area contributed by atoms with Gasteiger partial charge in [-0.25, -0.2) is 0 Å². The van der Waals surface area contributed by atoms with Crippen LogP contribution in [0.5, 0.6) is 0 Å². The minimum atomic E-state index is -0.487. The lowest BCUT2D eigenvalue weighted by Crippen LogP contribution is -2.26. The quantitative estimate of drug-likeness (QED) is 0.545. The fraction of sp³-hybridized carbons (Fsp3) is 0.750. The molecule has 10 heavy (non-hydrogen) atoms. The highest BCUT2D eigenvalue weighted by molar-refractivity contribution is 4.94. The molecule has 0 aromatic carbocycles. The van der Waals surface area contributed by atoms with Gasteiger partial charge in [-0.3, -0.25) is 0 Å². The third kappa shape index (κ3) is 1.22. The maximum Gasteiger partial charge on any atom is 0.187 e. The molecule has 2 atom stereocenters. The van der Waals surface area contributed by atoms with Gasteiger partial charge in [-0.2, -0.15) is 0 Å². The summed E-state index contributed by atoms with van der Waals surface area (Å²) in [4.78, 5) is 0. The first-order chi connectivity index (χ1) is 4.72. The fourth-order valence-electron chi connectivity index (χ4n) is 1.25. The summed E-state index contributed by atoms with van der Waals surface area (Å²) in [5, 5.41) is 0. The Bertz CT molecular complexity index is 133. The molecule has 0 aromatic rings. The summed E-state index contributed by atoms with van der Waals surface area (Å²) in [6.07, 6.45) is 2.66. The molecule has 1 saturated heterocycles. The minimum absolute atomic E-state index is 0.487. The van der Waals surface area contributed by atoms with E-state index in [4.69, 9.17) is 9.47 Å². The van der Waals surface area contributed by atoms with E-state index in [0.717, 1.165) is 13.0 Å². The Morgan fingerprint density at radius 1 is 1.80 bits per heavy atom. The van der Waals surface area contributed by atoms with Crippen LogP contribution >= 0.6 is 0 Å². The SMILES string of the molecule is C=CC1(OC)CC(C)CO1. The van der Waals surface area contributed by atoms with Gasteiger partial charge in [-0.05, 0) is 12.0 Å². The van der Waals surface area contributed by atoms with Gasteiger partial charge in [0.15, 0.2) is 5.79 Å². The van der Waals surface area contributed by atoms with Gasteiger partial charge in [0.25, 0.3) is 0 Å². The molecule has 0 spiro atoms. The smallest absolute Gasteiger partial charge is 0.187 e. The summed E-state index contributed by atoms with van der Waals surface area (Å²) in [6, 6.07) is 0. The van der Waals surface area contributed by atoms with Gasteiger partial charge < -0.3 is 9.47 Å². The van der Waals surface area contributed by atoms with Crippen molar-refractivity contribution >= 4 is 0 Å². The van der Waals surface area contributed by atoms with E-state index in [1.807, 2.05) is 0 Å². The summed E-state index contributed by atoms with van der Waals surface area (Å²) in [6.45, 7) is 6.59. The second-order valence-electron chi connectivity index (χ2n) is 2.84. The lowest BCUT2D eigenvalue weighted by Gasteiger charge is -2.21. The molecule has 1 heterocycles. The van der Waals surface area contributed by atoms with Crippen LogP contribution in [0.3, 0.4) is 0 Å². The van der Waals surface area contributed by atoms with Crippen molar-refractivity contribution in [1.82, 2.24) is 0 Å². The van der Waals surface area contributed by atoms with Gasteiger partial charge in [0.2, 0.25) is 0 Å². The third-order valence-corrected chi connectivity index (χ3v) is 1.90. The predicted molar refractivity (Wildman–Crippen MR) is 39.7 cm³/mol. The van der Waals surface area contributed by atoms with Crippen LogP contribution in [0.1, 0.15) is 13.3 Å². The van der Waals surface area contributed by atoms with Gasteiger partial charge in [-0.1, -0.05) is 13.5 Å². The van der Waals surface area contributed by atoms with Gasteiger partial charge >= 0.3 is 0 Å². The molecule has 1 fully saturated rings. The lowest BCUT2D eigenvalue weighted by molar-refractivity contribution is -0.155. The molecule has 0 N–H and O–H groups in total. The molecule has 1 aliphatic heterocycles. The maximum absolute atomic E-state index is 5.41. The van der Waals surface area contributed by atoms with Gasteiger partial charge in [0.1, 0.15) is 0 Å². The highest BCUT2D eigenvalue weighted by Crippen LogP contribution is 2.30. The zero-order valence-electron chi connectivity index (χ0n) is 6.59. The zero-order valence-corrected chi connectivity index (χ0v) is 6.59. The molecular formula is C8H14O2. The van der Waals surface area contributed by atoms with Crippen LogP contribution in [-0.2, 0) is 9.47 Å². The molecule has 58 valence electrons. The molecule has 2 heteroatoms. The predicted octanol–water partition coefficient (Wildman–Crippen LogP) is 1.57. The maximum atomic E-state index is 5.41. The highest BCUT2D eigenvalue weighted by Gasteiger charge is 2.35. The molecule has 2 unspecified atom stereocenters. The number of ether oxygens (including phenoxy) is 2. The van der Waals surface area contributed by atoms with Crippen molar-refractivity contribution < 1.29 is 9.47 Å². The van der Waals surface area contributed by atoms with Crippen molar-refractivity contribution in [1.29, 1.82) is 0 Å². The van der Waals surface area contributed by atoms with Gasteiger partial charge in [0, 0.05) is 13.5 Å². The molecule has 0 radical (unpaired) electrons. The van der Waals surface area contributed by atoms with E-state index in [9.17, 15) is 0 Å². The van der Waals surface area contributed by atoms with E-state index in [2.05, 4.69) is 13.5 Å². The van der Waals surface area contributed by atoms with Crippen molar-refractivity contribution in [3.05, 3.63) is 12.7 Å². The number of methoxy groups -OCH3 is 1. The number of hydrogen-bond donors (Lipinski definition) is 0. The van der Waals surface area contributed by atoms with Crippen LogP contribution in [0.4, 0.5) is 0 Å². The summed E-state index contributed by atoms with van der Waals surface area (Å²) in [5.41, 5.74) is 0. The minimum Gasteiger partial charge on any atom is -0.350 e. The average Bonchev–Trinajstić information content (AvgIpc) is 2.33. The van der Waals surface area contributed by atoms with E-state index in [1.54, 1.807) is 13.2 Å². The molecular weight excluding hydrogens is 128 g/mol. The highest BCUT2D eigenvalue weighted by atomic mass is 16.7. The van der Waals surface area contributed by atoms with E-state index >= 15 is 0 Å². The van der Waals surface area contributed by atoms with Crippen molar-refractivity contribution in [2.24, 2.45) is 5.92 Å². The van der Waals surface area contributed by atoms with Crippen molar-refractivity contribution in [2.45, 2.75) is 19.1 Å². The largest absolute Gasteiger partial charge is 0.350 e. The molecule has 1 rings (SSSR count). The fourth-order valence-corrected chi connectivity index (χ4v) is 1.25. The summed E-state index contributed by atoms with van der Waals surface area (Å²) < 4.78 is 10.6. The zero-order chi connectivity index (χ0) is 7.61. The Balaban J connectivity index is 2.59. The second-order valence-corrected chi connectivity index (χ2v) is 2.84. The first-order valence-corrected chi connectivity index (χ1v) is 3.55. The van der Waals surface area contributed by atoms with Gasteiger partial charge in [0.05, 0.1) is 6.61 Å². The normalized spacial score (nSPS) is 40.0. The van der Waals surface area contributed by atoms with Crippen LogP contribution in [-0.4, -0.2) is 19.5 Å². The van der Waals surface area contributed by atoms with Crippen molar-refractivity contribution in [3.8, 4) is 0 Å². The molecule has 0 saturated carbocycles. The first kappa shape index (κ1) is 7.76. The Kier molecular flexibility index (Phi) is 2.11. The molecule has 0 bridgehead atoms. The van der Waals surface area contributed by atoms with E-state index in [0.29, 0.717) is 5.92 Å². The monoisotopic (exact) mass is 142 g/mol. The Hall–Kier alpha value is -0.340. The summed E-state index contributed by atoms with van der Waals surface area (Å²) in [7, 11) is 1.65. The van der Waals surface area contributed by atoms with Crippen LogP contribution < -0.4 is 0 Å². The second kappa shape index (κ2) is 2.72. The van der Waals surface area contributed by atoms with Crippen LogP contribution in [0.2, 0.25) is 0 Å². The van der Waals surface area contributed by atoms with Crippen LogP contribution in [0.15, 0.2) is 12.7 Å². The third-order valence-electron chi connectivity index (χ3n) is 1.90. The van der Waals surface area contributed by atoms with E-state index in [-0.39, 0.29) is 0 Å². The summed E-state index contributed by atoms with van der Waals surface area (Å²) >= 11 is 0. The molecule has 0 amide bonds. The molecule has 0 aromatic heterocycles. The van der Waals surface area contributed by atoms with Crippen molar-refractivity contribution in [2.75, 3.05) is 13.7 Å². The van der Waals surface area contributed by atoms with Crippen LogP contribution in [0, 0.1) is 5.92 Å². The van der Waals surface area contributed by atoms with Crippen molar-refractivity contribution in [3.63, 3.8) is 0 Å². The Morgan fingerprint density at radius 3 is 2.70 bits per heavy atom. The molecule has 2 nitrogen and oxygen atoms in total. The van der Waals surface area contributed by atoms with E-state index < -0.39 is 5.79 Å². The molecule has 0 aliphatic carbocycles. The number of hydrogen-bond acceptors (Lipinski definition) is 2. The topological polar surface area (TPSA) is 18.5 Å². The lowest BCUT2D eigenvalue weighted by atomic mass is 10.1. The molecule has 1 aliphatic rings. The first-order valence-electron chi connectivity index (χ1n) is 3.55. The van der Waals surface area contributed by atoms with Gasteiger partial charge in [-0.15, -0.1) is 0 Å². The average molecular weight is 142 g/mol. The summed E-state index contributed by atoms with van der Waals surface area (Å²) in [5.74, 6) is 0.0947. The Morgan fingerprint density at radius 2 is 2.50 bits per heavy atom. The van der Waals surface area contributed by atoms with E-state index in [1.165, 1.54) is 0 Å². The Labute approximate surface area is 61.8 Å². The standard InChI is InChI=1S/C8H14O2/c1-4-8(9-3)5-7(2)6-10-8/h4,7H,1,5-6H2,2-3H3. The van der Waals surface area contributed by atoms with Crippen LogP contribution in [0.25, 0.3) is 0 Å². The number of rotatable bonds is 2.